The average molecular weight is 252 g/mol. The maximum Gasteiger partial charge on any atom is 0.269 e. The van der Waals surface area contributed by atoms with Gasteiger partial charge in [-0.05, 0) is 36.7 Å². The minimum atomic E-state index is -0.448. The van der Waals surface area contributed by atoms with Crippen LogP contribution in [0.1, 0.15) is 15.4 Å². The van der Waals surface area contributed by atoms with E-state index in [1.165, 1.54) is 12.1 Å². The Kier molecular flexibility index (Phi) is 3.01. The molecule has 0 aliphatic rings. The first kappa shape index (κ1) is 11.5. The first-order valence-corrected chi connectivity index (χ1v) is 5.50. The molecule has 1 aromatic heterocycles. The van der Waals surface area contributed by atoms with Gasteiger partial charge in [0.15, 0.2) is 0 Å². The van der Waals surface area contributed by atoms with Crippen molar-refractivity contribution in [3.05, 3.63) is 34.6 Å². The van der Waals surface area contributed by atoms with E-state index in [4.69, 9.17) is 5.73 Å². The quantitative estimate of drug-likeness (QED) is 0.799. The molecule has 2 rings (SSSR count). The number of halogens is 1. The van der Waals surface area contributed by atoms with Crippen molar-refractivity contribution >= 4 is 28.8 Å². The SMILES string of the molecule is Cc1nnsc1C(=O)Nc1ccc(F)cc1N. The fourth-order valence-electron chi connectivity index (χ4n) is 1.27. The molecule has 0 aliphatic heterocycles. The zero-order valence-corrected chi connectivity index (χ0v) is 9.71. The molecule has 88 valence electrons. The summed E-state index contributed by atoms with van der Waals surface area (Å²) in [4.78, 5) is 12.2. The van der Waals surface area contributed by atoms with Crippen LogP contribution in [-0.2, 0) is 0 Å². The fourth-order valence-corrected chi connectivity index (χ4v) is 1.82. The summed E-state index contributed by atoms with van der Waals surface area (Å²) in [5.74, 6) is -0.799. The van der Waals surface area contributed by atoms with Gasteiger partial charge in [0.1, 0.15) is 10.7 Å². The molecule has 0 atom stereocenters. The third kappa shape index (κ3) is 2.39. The van der Waals surface area contributed by atoms with Crippen LogP contribution in [0.4, 0.5) is 15.8 Å². The minimum absolute atomic E-state index is 0.175. The number of nitrogens with two attached hydrogens (primary N) is 1. The van der Waals surface area contributed by atoms with E-state index in [1.54, 1.807) is 6.92 Å². The van der Waals surface area contributed by atoms with E-state index < -0.39 is 5.82 Å². The smallest absolute Gasteiger partial charge is 0.269 e. The van der Waals surface area contributed by atoms with Crippen LogP contribution in [0, 0.1) is 12.7 Å². The topological polar surface area (TPSA) is 80.9 Å². The molecule has 0 bridgehead atoms. The number of amides is 1. The normalized spacial score (nSPS) is 10.2. The first-order valence-electron chi connectivity index (χ1n) is 4.73. The van der Waals surface area contributed by atoms with Gasteiger partial charge in [0.2, 0.25) is 0 Å². The molecule has 7 heteroatoms. The molecule has 2 aromatic rings. The summed E-state index contributed by atoms with van der Waals surface area (Å²) in [6.45, 7) is 1.69. The van der Waals surface area contributed by atoms with Crippen LogP contribution in [0.5, 0.6) is 0 Å². The van der Waals surface area contributed by atoms with Gasteiger partial charge in [-0.1, -0.05) is 4.49 Å². The third-order valence-electron chi connectivity index (χ3n) is 2.12. The zero-order valence-electron chi connectivity index (χ0n) is 8.90. The fraction of sp³-hybridized carbons (Fsp3) is 0.100. The molecule has 0 unspecified atom stereocenters. The lowest BCUT2D eigenvalue weighted by Gasteiger charge is -2.06. The van der Waals surface area contributed by atoms with Crippen LogP contribution < -0.4 is 11.1 Å². The summed E-state index contributed by atoms with van der Waals surface area (Å²) in [5.41, 5.74) is 6.67. The van der Waals surface area contributed by atoms with Crippen LogP contribution in [0.25, 0.3) is 0 Å². The van der Waals surface area contributed by atoms with Crippen molar-refractivity contribution in [2.45, 2.75) is 6.92 Å². The molecule has 1 amide bonds. The van der Waals surface area contributed by atoms with Gasteiger partial charge in [0.25, 0.3) is 5.91 Å². The number of nitrogens with one attached hydrogen (secondary N) is 1. The zero-order chi connectivity index (χ0) is 12.4. The predicted octanol–water partition coefficient (Wildman–Crippen LogP) is 1.82. The lowest BCUT2D eigenvalue weighted by molar-refractivity contribution is 0.103. The maximum absolute atomic E-state index is 12.8. The second-order valence-electron chi connectivity index (χ2n) is 3.37. The molecule has 0 spiro atoms. The minimum Gasteiger partial charge on any atom is -0.397 e. The highest BCUT2D eigenvalue weighted by Crippen LogP contribution is 2.21. The van der Waals surface area contributed by atoms with Gasteiger partial charge in [-0.25, -0.2) is 4.39 Å². The number of nitrogens with zero attached hydrogens (tertiary/aromatic N) is 2. The van der Waals surface area contributed by atoms with E-state index in [1.807, 2.05) is 0 Å². The van der Waals surface area contributed by atoms with Gasteiger partial charge in [-0.3, -0.25) is 4.79 Å². The van der Waals surface area contributed by atoms with Gasteiger partial charge >= 0.3 is 0 Å². The van der Waals surface area contributed by atoms with Crippen molar-refractivity contribution in [2.75, 3.05) is 11.1 Å². The lowest BCUT2D eigenvalue weighted by Crippen LogP contribution is -2.13. The van der Waals surface area contributed by atoms with Crippen LogP contribution in [-0.4, -0.2) is 15.5 Å². The average Bonchev–Trinajstić information content (AvgIpc) is 2.68. The van der Waals surface area contributed by atoms with Crippen molar-refractivity contribution in [3.8, 4) is 0 Å². The van der Waals surface area contributed by atoms with E-state index in [0.29, 0.717) is 16.3 Å². The molecule has 3 N–H and O–H groups in total. The van der Waals surface area contributed by atoms with Crippen molar-refractivity contribution < 1.29 is 9.18 Å². The molecular weight excluding hydrogens is 243 g/mol. The van der Waals surface area contributed by atoms with E-state index in [-0.39, 0.29) is 11.6 Å². The Balaban J connectivity index is 2.22. The molecule has 0 aliphatic carbocycles. The number of anilines is 2. The number of nitrogen functional groups attached to an aromatic ring is 1. The molecule has 0 radical (unpaired) electrons. The summed E-state index contributed by atoms with van der Waals surface area (Å²) in [5, 5.41) is 6.31. The number of benzene rings is 1. The summed E-state index contributed by atoms with van der Waals surface area (Å²) in [7, 11) is 0. The van der Waals surface area contributed by atoms with Crippen molar-refractivity contribution in [1.29, 1.82) is 0 Å². The Morgan fingerprint density at radius 3 is 2.88 bits per heavy atom. The number of carbonyl (C=O) groups excluding carboxylic acids is 1. The van der Waals surface area contributed by atoms with Crippen molar-refractivity contribution in [2.24, 2.45) is 0 Å². The van der Waals surface area contributed by atoms with Gasteiger partial charge in [0, 0.05) is 0 Å². The van der Waals surface area contributed by atoms with E-state index in [2.05, 4.69) is 14.9 Å². The summed E-state index contributed by atoms with van der Waals surface area (Å²) in [6.07, 6.45) is 0. The number of aryl methyl sites for hydroxylation is 1. The molecule has 17 heavy (non-hydrogen) atoms. The molecule has 0 saturated carbocycles. The number of hydrogen-bond acceptors (Lipinski definition) is 5. The Morgan fingerprint density at radius 2 is 2.29 bits per heavy atom. The Labute approximate surface area is 101 Å². The molecule has 1 heterocycles. The Morgan fingerprint density at radius 1 is 1.53 bits per heavy atom. The molecule has 0 saturated heterocycles. The maximum atomic E-state index is 12.8. The number of hydrogen-bond donors (Lipinski definition) is 2. The first-order chi connectivity index (χ1) is 8.08. The van der Waals surface area contributed by atoms with Crippen LogP contribution >= 0.6 is 11.5 Å². The Bertz CT molecular complexity index is 569. The summed E-state index contributed by atoms with van der Waals surface area (Å²) < 4.78 is 16.5. The second-order valence-corrected chi connectivity index (χ2v) is 4.13. The summed E-state index contributed by atoms with van der Waals surface area (Å²) in [6, 6.07) is 3.78. The van der Waals surface area contributed by atoms with Gasteiger partial charge in [-0.15, -0.1) is 5.10 Å². The van der Waals surface area contributed by atoms with Gasteiger partial charge in [0.05, 0.1) is 17.1 Å². The van der Waals surface area contributed by atoms with Crippen LogP contribution in [0.15, 0.2) is 18.2 Å². The number of carbonyl (C=O) groups is 1. The highest BCUT2D eigenvalue weighted by atomic mass is 32.1. The number of aromatic nitrogens is 2. The van der Waals surface area contributed by atoms with E-state index >= 15 is 0 Å². The molecule has 5 nitrogen and oxygen atoms in total. The van der Waals surface area contributed by atoms with Gasteiger partial charge < -0.3 is 11.1 Å². The largest absolute Gasteiger partial charge is 0.397 e. The predicted molar refractivity (Wildman–Crippen MR) is 63.4 cm³/mol. The van der Waals surface area contributed by atoms with E-state index in [0.717, 1.165) is 17.6 Å². The van der Waals surface area contributed by atoms with Crippen molar-refractivity contribution in [1.82, 2.24) is 9.59 Å². The highest BCUT2D eigenvalue weighted by Gasteiger charge is 2.14. The van der Waals surface area contributed by atoms with Crippen LogP contribution in [0.3, 0.4) is 0 Å². The highest BCUT2D eigenvalue weighted by molar-refractivity contribution is 7.08. The van der Waals surface area contributed by atoms with Gasteiger partial charge in [-0.2, -0.15) is 0 Å². The Hall–Kier alpha value is -2.02. The molecular formula is C10H9FN4OS. The molecule has 1 aromatic carbocycles. The van der Waals surface area contributed by atoms with Crippen LogP contribution in [0.2, 0.25) is 0 Å². The van der Waals surface area contributed by atoms with E-state index in [9.17, 15) is 9.18 Å². The second kappa shape index (κ2) is 4.46. The monoisotopic (exact) mass is 252 g/mol. The summed E-state index contributed by atoms with van der Waals surface area (Å²) >= 11 is 0.998. The lowest BCUT2D eigenvalue weighted by atomic mass is 10.2. The third-order valence-corrected chi connectivity index (χ3v) is 2.95. The van der Waals surface area contributed by atoms with Crippen molar-refractivity contribution in [3.63, 3.8) is 0 Å². The number of rotatable bonds is 2. The standard InChI is InChI=1S/C10H9FN4OS/c1-5-9(17-15-14-5)10(16)13-8-3-2-6(11)4-7(8)12/h2-4H,12H2,1H3,(H,13,16). The molecule has 0 fully saturated rings.